The third-order valence-corrected chi connectivity index (χ3v) is 2.75. The van der Waals surface area contributed by atoms with Gasteiger partial charge in [0.1, 0.15) is 0 Å². The highest BCUT2D eigenvalue weighted by Crippen LogP contribution is 2.15. The largest absolute Gasteiger partial charge is 0.463 e. The number of anilines is 1. The van der Waals surface area contributed by atoms with Gasteiger partial charge < -0.3 is 9.64 Å². The normalized spacial score (nSPS) is 15.3. The summed E-state index contributed by atoms with van der Waals surface area (Å²) < 4.78 is 4.79. The second-order valence-corrected chi connectivity index (χ2v) is 4.10. The number of nitrogens with zero attached hydrogens (tertiary/aromatic N) is 3. The van der Waals surface area contributed by atoms with Crippen molar-refractivity contribution in [1.82, 2.24) is 9.97 Å². The first kappa shape index (κ1) is 12.5. The first-order valence-electron chi connectivity index (χ1n) is 6.21. The monoisotopic (exact) mass is 247 g/mol. The molecule has 2 rings (SSSR count). The molecule has 0 bridgehead atoms. The summed E-state index contributed by atoms with van der Waals surface area (Å²) in [4.78, 5) is 21.9. The van der Waals surface area contributed by atoms with Crippen LogP contribution in [0.15, 0.2) is 18.5 Å². The van der Waals surface area contributed by atoms with Crippen LogP contribution < -0.4 is 4.90 Å². The van der Waals surface area contributed by atoms with Crippen LogP contribution in [-0.4, -0.2) is 35.6 Å². The molecule has 0 N–H and O–H groups in total. The van der Waals surface area contributed by atoms with Crippen LogP contribution in [0.2, 0.25) is 0 Å². The maximum Gasteiger partial charge on any atom is 0.330 e. The van der Waals surface area contributed by atoms with Crippen molar-refractivity contribution in [2.24, 2.45) is 0 Å². The Morgan fingerprint density at radius 2 is 2.06 bits per heavy atom. The van der Waals surface area contributed by atoms with Gasteiger partial charge in [-0.1, -0.05) is 0 Å². The van der Waals surface area contributed by atoms with Crippen molar-refractivity contribution in [3.8, 4) is 0 Å². The maximum atomic E-state index is 11.1. The van der Waals surface area contributed by atoms with Crippen molar-refractivity contribution in [3.05, 3.63) is 24.0 Å². The third kappa shape index (κ3) is 3.29. The van der Waals surface area contributed by atoms with Crippen LogP contribution in [0.3, 0.4) is 0 Å². The minimum atomic E-state index is -0.346. The molecule has 1 saturated heterocycles. The molecule has 1 aliphatic rings. The van der Waals surface area contributed by atoms with E-state index in [2.05, 4.69) is 14.9 Å². The summed E-state index contributed by atoms with van der Waals surface area (Å²) in [5, 5.41) is 0. The number of rotatable bonds is 4. The molecule has 2 heterocycles. The van der Waals surface area contributed by atoms with E-state index in [1.807, 2.05) is 0 Å². The molecule has 1 aromatic rings. The first-order valence-corrected chi connectivity index (χ1v) is 6.21. The Labute approximate surface area is 106 Å². The average Bonchev–Trinajstić information content (AvgIpc) is 2.91. The fourth-order valence-corrected chi connectivity index (χ4v) is 1.85. The van der Waals surface area contributed by atoms with Crippen LogP contribution in [0.1, 0.15) is 25.3 Å². The zero-order chi connectivity index (χ0) is 12.8. The highest BCUT2D eigenvalue weighted by atomic mass is 16.5. The molecule has 0 radical (unpaired) electrons. The summed E-state index contributed by atoms with van der Waals surface area (Å²) in [7, 11) is 0. The molecule has 0 unspecified atom stereocenters. The molecule has 1 aromatic heterocycles. The van der Waals surface area contributed by atoms with Gasteiger partial charge in [-0.3, -0.25) is 0 Å². The van der Waals surface area contributed by atoms with E-state index in [9.17, 15) is 4.79 Å². The lowest BCUT2D eigenvalue weighted by Crippen LogP contribution is -2.20. The summed E-state index contributed by atoms with van der Waals surface area (Å²) in [5.41, 5.74) is 0.797. The standard InChI is InChI=1S/C13H17N3O2/c1-2-18-12(17)6-5-11-9-14-13(15-10-11)16-7-3-4-8-16/h5-6,9-10H,2-4,7-8H2,1H3. The molecule has 0 spiro atoms. The molecular weight excluding hydrogens is 230 g/mol. The number of hydrogen-bond acceptors (Lipinski definition) is 5. The Morgan fingerprint density at radius 3 is 2.67 bits per heavy atom. The maximum absolute atomic E-state index is 11.1. The SMILES string of the molecule is CCOC(=O)C=Cc1cnc(N2CCCC2)nc1. The van der Waals surface area contributed by atoms with Gasteiger partial charge in [0, 0.05) is 37.1 Å². The van der Waals surface area contributed by atoms with Gasteiger partial charge in [0.25, 0.3) is 0 Å². The number of ether oxygens (including phenoxy) is 1. The molecule has 96 valence electrons. The predicted octanol–water partition coefficient (Wildman–Crippen LogP) is 1.65. The smallest absolute Gasteiger partial charge is 0.330 e. The second-order valence-electron chi connectivity index (χ2n) is 4.10. The highest BCUT2D eigenvalue weighted by Gasteiger charge is 2.13. The topological polar surface area (TPSA) is 55.3 Å². The number of aromatic nitrogens is 2. The number of hydrogen-bond donors (Lipinski definition) is 0. The van der Waals surface area contributed by atoms with E-state index in [-0.39, 0.29) is 5.97 Å². The Balaban J connectivity index is 1.96. The van der Waals surface area contributed by atoms with Gasteiger partial charge in [-0.25, -0.2) is 14.8 Å². The van der Waals surface area contributed by atoms with Crippen LogP contribution in [0.5, 0.6) is 0 Å². The van der Waals surface area contributed by atoms with Gasteiger partial charge in [0.15, 0.2) is 0 Å². The molecule has 0 aromatic carbocycles. The lowest BCUT2D eigenvalue weighted by Gasteiger charge is -2.14. The second kappa shape index (κ2) is 6.14. The Kier molecular flexibility index (Phi) is 4.28. The van der Waals surface area contributed by atoms with Crippen LogP contribution in [0.4, 0.5) is 5.95 Å². The summed E-state index contributed by atoms with van der Waals surface area (Å²) in [6.07, 6.45) is 8.89. The Morgan fingerprint density at radius 1 is 1.39 bits per heavy atom. The zero-order valence-electron chi connectivity index (χ0n) is 10.5. The molecule has 1 aliphatic heterocycles. The quantitative estimate of drug-likeness (QED) is 0.598. The molecule has 0 atom stereocenters. The van der Waals surface area contributed by atoms with Crippen LogP contribution in [-0.2, 0) is 9.53 Å². The predicted molar refractivity (Wildman–Crippen MR) is 69.1 cm³/mol. The van der Waals surface area contributed by atoms with E-state index >= 15 is 0 Å². The molecule has 5 heteroatoms. The fraction of sp³-hybridized carbons (Fsp3) is 0.462. The Bertz CT molecular complexity index is 422. The number of carbonyl (C=O) groups is 1. The van der Waals surface area contributed by atoms with Crippen molar-refractivity contribution in [2.45, 2.75) is 19.8 Å². The lowest BCUT2D eigenvalue weighted by molar-refractivity contribution is -0.137. The lowest BCUT2D eigenvalue weighted by atomic mass is 10.3. The van der Waals surface area contributed by atoms with Crippen molar-refractivity contribution in [3.63, 3.8) is 0 Å². The van der Waals surface area contributed by atoms with Gasteiger partial charge in [0.05, 0.1) is 6.61 Å². The third-order valence-electron chi connectivity index (χ3n) is 2.75. The molecule has 0 amide bonds. The van der Waals surface area contributed by atoms with Gasteiger partial charge in [-0.15, -0.1) is 0 Å². The summed E-state index contributed by atoms with van der Waals surface area (Å²) in [6, 6.07) is 0. The summed E-state index contributed by atoms with van der Waals surface area (Å²) in [5.74, 6) is 0.418. The van der Waals surface area contributed by atoms with Crippen molar-refractivity contribution < 1.29 is 9.53 Å². The minimum absolute atomic E-state index is 0.346. The van der Waals surface area contributed by atoms with Gasteiger partial charge in [0.2, 0.25) is 5.95 Å². The van der Waals surface area contributed by atoms with E-state index in [0.717, 1.165) is 24.6 Å². The Hall–Kier alpha value is -1.91. The van der Waals surface area contributed by atoms with Crippen molar-refractivity contribution in [2.75, 3.05) is 24.6 Å². The fourth-order valence-electron chi connectivity index (χ4n) is 1.85. The van der Waals surface area contributed by atoms with Gasteiger partial charge in [-0.2, -0.15) is 0 Å². The minimum Gasteiger partial charge on any atom is -0.463 e. The molecule has 0 saturated carbocycles. The van der Waals surface area contributed by atoms with Crippen molar-refractivity contribution in [1.29, 1.82) is 0 Å². The van der Waals surface area contributed by atoms with Crippen molar-refractivity contribution >= 4 is 18.0 Å². The van der Waals surface area contributed by atoms with Gasteiger partial charge >= 0.3 is 5.97 Å². The van der Waals surface area contributed by atoms with E-state index < -0.39 is 0 Å². The van der Waals surface area contributed by atoms with E-state index in [1.165, 1.54) is 18.9 Å². The van der Waals surface area contributed by atoms with E-state index in [4.69, 9.17) is 4.74 Å². The molecular formula is C13H17N3O2. The summed E-state index contributed by atoms with van der Waals surface area (Å²) >= 11 is 0. The number of carbonyl (C=O) groups excluding carboxylic acids is 1. The van der Waals surface area contributed by atoms with Crippen LogP contribution >= 0.6 is 0 Å². The first-order chi connectivity index (χ1) is 8.79. The molecule has 5 nitrogen and oxygen atoms in total. The highest BCUT2D eigenvalue weighted by molar-refractivity contribution is 5.86. The van der Waals surface area contributed by atoms with Gasteiger partial charge in [-0.05, 0) is 25.8 Å². The number of esters is 1. The van der Waals surface area contributed by atoms with E-state index in [0.29, 0.717) is 6.61 Å². The zero-order valence-corrected chi connectivity index (χ0v) is 10.5. The van der Waals surface area contributed by atoms with Crippen LogP contribution in [0, 0.1) is 0 Å². The molecule has 1 fully saturated rings. The summed E-state index contributed by atoms with van der Waals surface area (Å²) in [6.45, 7) is 4.21. The average molecular weight is 247 g/mol. The van der Waals surface area contributed by atoms with Crippen LogP contribution in [0.25, 0.3) is 6.08 Å². The molecule has 18 heavy (non-hydrogen) atoms. The van der Waals surface area contributed by atoms with E-state index in [1.54, 1.807) is 25.4 Å². The molecule has 0 aliphatic carbocycles.